The lowest BCUT2D eigenvalue weighted by Crippen LogP contribution is -2.51. The Morgan fingerprint density at radius 2 is 1.62 bits per heavy atom. The molecule has 1 aliphatic rings. The highest BCUT2D eigenvalue weighted by atomic mass is 16.5. The highest BCUT2D eigenvalue weighted by molar-refractivity contribution is 5.94. The second-order valence-corrected chi connectivity index (χ2v) is 9.36. The monoisotopic (exact) mass is 517 g/mol. The summed E-state index contributed by atoms with van der Waals surface area (Å²) in [5, 5.41) is 7.49. The average Bonchev–Trinajstić information content (AvgIpc) is 2.83. The number of ether oxygens (including phenoxy) is 1. The van der Waals surface area contributed by atoms with Gasteiger partial charge in [-0.05, 0) is 25.3 Å². The van der Waals surface area contributed by atoms with Crippen LogP contribution in [0.5, 0.6) is 0 Å². The van der Waals surface area contributed by atoms with Gasteiger partial charge >= 0.3 is 5.97 Å². The number of nitrogens with one attached hydrogen (secondary N) is 3. The Bertz CT molecular complexity index is 996. The van der Waals surface area contributed by atoms with E-state index in [9.17, 15) is 28.8 Å². The maximum atomic E-state index is 13.3. The van der Waals surface area contributed by atoms with Crippen LogP contribution in [-0.4, -0.2) is 90.2 Å². The maximum Gasteiger partial charge on any atom is 0.326 e. The smallest absolute Gasteiger partial charge is 0.326 e. The molecule has 0 spiro atoms. The number of rotatable bonds is 6. The summed E-state index contributed by atoms with van der Waals surface area (Å²) in [5.41, 5.74) is 0.739. The summed E-state index contributed by atoms with van der Waals surface area (Å²) in [5.74, 6) is -4.35. The molecule has 37 heavy (non-hydrogen) atoms. The van der Waals surface area contributed by atoms with E-state index in [1.807, 2.05) is 6.07 Å². The van der Waals surface area contributed by atoms with Crippen LogP contribution in [0.2, 0.25) is 0 Å². The molecule has 12 nitrogen and oxygen atoms in total. The summed E-state index contributed by atoms with van der Waals surface area (Å²) in [4.78, 5) is 78.5. The summed E-state index contributed by atoms with van der Waals surface area (Å²) in [6, 6.07) is 8.73. The Hall–Kier alpha value is -3.96. The molecule has 0 aliphatic carbocycles. The second-order valence-electron chi connectivity index (χ2n) is 9.36. The van der Waals surface area contributed by atoms with Crippen LogP contribution in [0.3, 0.4) is 0 Å². The van der Waals surface area contributed by atoms with Crippen LogP contribution in [-0.2, 0) is 40.0 Å². The van der Waals surface area contributed by atoms with Gasteiger partial charge in [-0.15, -0.1) is 0 Å². The van der Waals surface area contributed by atoms with Gasteiger partial charge in [0.15, 0.2) is 6.10 Å². The van der Waals surface area contributed by atoms with E-state index in [-0.39, 0.29) is 12.6 Å². The molecule has 0 radical (unpaired) electrons. The molecule has 5 amide bonds. The van der Waals surface area contributed by atoms with Gasteiger partial charge in [-0.25, -0.2) is 0 Å². The minimum Gasteiger partial charge on any atom is -0.451 e. The molecule has 1 fully saturated rings. The van der Waals surface area contributed by atoms with Crippen LogP contribution < -0.4 is 16.0 Å². The molecule has 1 saturated heterocycles. The number of esters is 1. The highest BCUT2D eigenvalue weighted by Gasteiger charge is 2.30. The molecule has 1 atom stereocenters. The number of carbonyl (C=O) groups excluding carboxylic acids is 6. The minimum absolute atomic E-state index is 0.0594. The van der Waals surface area contributed by atoms with Crippen LogP contribution in [0.25, 0.3) is 0 Å². The zero-order valence-corrected chi connectivity index (χ0v) is 21.6. The summed E-state index contributed by atoms with van der Waals surface area (Å²) in [6.07, 6.45) is -1.20. The topological polar surface area (TPSA) is 154 Å². The van der Waals surface area contributed by atoms with E-state index >= 15 is 0 Å². The lowest BCUT2D eigenvalue weighted by Gasteiger charge is -2.27. The number of hydrogen-bond donors (Lipinski definition) is 3. The Labute approximate surface area is 216 Å². The fourth-order valence-electron chi connectivity index (χ4n) is 3.52. The predicted octanol–water partition coefficient (Wildman–Crippen LogP) is -0.818. The van der Waals surface area contributed by atoms with Gasteiger partial charge in [-0.2, -0.15) is 0 Å². The molecular formula is C25H35N5O7. The predicted molar refractivity (Wildman–Crippen MR) is 132 cm³/mol. The molecule has 1 aromatic carbocycles. The molecule has 0 saturated carbocycles. The number of nitrogens with zero attached hydrogens (tertiary/aromatic N) is 2. The number of cyclic esters (lactones) is 1. The third-order valence-corrected chi connectivity index (χ3v) is 5.33. The van der Waals surface area contributed by atoms with E-state index < -0.39 is 80.3 Å². The van der Waals surface area contributed by atoms with Crippen molar-refractivity contribution in [3.8, 4) is 0 Å². The first kappa shape index (κ1) is 29.3. The first-order valence-electron chi connectivity index (χ1n) is 12.1. The zero-order chi connectivity index (χ0) is 27.5. The first-order valence-corrected chi connectivity index (χ1v) is 12.1. The Morgan fingerprint density at radius 3 is 2.24 bits per heavy atom. The molecule has 1 aliphatic heterocycles. The van der Waals surface area contributed by atoms with E-state index in [0.717, 1.165) is 10.5 Å². The van der Waals surface area contributed by atoms with Crippen molar-refractivity contribution >= 4 is 35.5 Å². The van der Waals surface area contributed by atoms with Crippen molar-refractivity contribution in [3.63, 3.8) is 0 Å². The van der Waals surface area contributed by atoms with Gasteiger partial charge in [-0.3, -0.25) is 28.8 Å². The molecule has 0 bridgehead atoms. The van der Waals surface area contributed by atoms with Crippen molar-refractivity contribution in [2.45, 2.75) is 46.4 Å². The number of carbonyl (C=O) groups is 6. The molecule has 12 heteroatoms. The lowest BCUT2D eigenvalue weighted by molar-refractivity contribution is -0.158. The summed E-state index contributed by atoms with van der Waals surface area (Å²) in [6.45, 7) is 4.56. The van der Waals surface area contributed by atoms with Gasteiger partial charge in [0, 0.05) is 12.6 Å². The normalized spacial score (nSPS) is 18.6. The van der Waals surface area contributed by atoms with E-state index in [1.165, 1.54) is 4.90 Å². The molecule has 202 valence electrons. The van der Waals surface area contributed by atoms with Crippen molar-refractivity contribution in [1.29, 1.82) is 0 Å². The standard InChI is InChI=1S/C25H35N5O7/c1-16(2)24-25(36)27-10-21(33)30(14-20(32)28-17(3)4)15-22(34)29(12-18-8-6-5-7-9-18)13-19(31)26-11-23(35)37-24/h5-9,16-17,24H,10-15H2,1-4H3,(H,26,31)(H,27,36)(H,28,32). The number of hydrogen-bond acceptors (Lipinski definition) is 7. The number of benzene rings is 1. The third kappa shape index (κ3) is 9.90. The second kappa shape index (κ2) is 14.0. The number of amides is 5. The third-order valence-electron chi connectivity index (χ3n) is 5.33. The van der Waals surface area contributed by atoms with Crippen LogP contribution >= 0.6 is 0 Å². The molecular weight excluding hydrogens is 482 g/mol. The Morgan fingerprint density at radius 1 is 0.946 bits per heavy atom. The van der Waals surface area contributed by atoms with Crippen LogP contribution in [0.4, 0.5) is 0 Å². The maximum absolute atomic E-state index is 13.3. The summed E-state index contributed by atoms with van der Waals surface area (Å²) < 4.78 is 5.23. The Kier molecular flexibility index (Phi) is 11.0. The molecule has 1 aromatic rings. The fourth-order valence-corrected chi connectivity index (χ4v) is 3.52. The first-order chi connectivity index (χ1) is 17.5. The van der Waals surface area contributed by atoms with Gasteiger partial charge in [0.2, 0.25) is 23.6 Å². The molecule has 1 unspecified atom stereocenters. The zero-order valence-electron chi connectivity index (χ0n) is 21.6. The molecule has 2 rings (SSSR count). The average molecular weight is 518 g/mol. The van der Waals surface area contributed by atoms with Crippen molar-refractivity contribution in [2.75, 3.05) is 32.7 Å². The fraction of sp³-hybridized carbons (Fsp3) is 0.520. The van der Waals surface area contributed by atoms with Gasteiger partial charge in [-0.1, -0.05) is 44.2 Å². The van der Waals surface area contributed by atoms with Crippen LogP contribution in [0, 0.1) is 5.92 Å². The van der Waals surface area contributed by atoms with Crippen molar-refractivity contribution in [1.82, 2.24) is 25.8 Å². The molecule has 3 N–H and O–H groups in total. The van der Waals surface area contributed by atoms with E-state index in [4.69, 9.17) is 4.74 Å². The quantitative estimate of drug-likeness (QED) is 0.417. The van der Waals surface area contributed by atoms with Gasteiger partial charge < -0.3 is 30.5 Å². The van der Waals surface area contributed by atoms with E-state index in [1.54, 1.807) is 52.0 Å². The largest absolute Gasteiger partial charge is 0.451 e. The molecule has 1 heterocycles. The van der Waals surface area contributed by atoms with Gasteiger partial charge in [0.25, 0.3) is 5.91 Å². The highest BCUT2D eigenvalue weighted by Crippen LogP contribution is 2.09. The van der Waals surface area contributed by atoms with Crippen molar-refractivity contribution in [3.05, 3.63) is 35.9 Å². The summed E-state index contributed by atoms with van der Waals surface area (Å²) in [7, 11) is 0. The SMILES string of the molecule is CC(C)NC(=O)CN1CC(=O)N(Cc2ccccc2)CC(=O)NCC(=O)OC(C(C)C)C(=O)NCC1=O. The molecule has 0 aromatic heterocycles. The van der Waals surface area contributed by atoms with Crippen molar-refractivity contribution in [2.24, 2.45) is 5.92 Å². The summed E-state index contributed by atoms with van der Waals surface area (Å²) >= 11 is 0. The van der Waals surface area contributed by atoms with Gasteiger partial charge in [0.05, 0.1) is 13.1 Å². The van der Waals surface area contributed by atoms with Crippen LogP contribution in [0.1, 0.15) is 33.3 Å². The van der Waals surface area contributed by atoms with Crippen molar-refractivity contribution < 1.29 is 33.5 Å². The van der Waals surface area contributed by atoms with E-state index in [2.05, 4.69) is 16.0 Å². The van der Waals surface area contributed by atoms with E-state index in [0.29, 0.717) is 0 Å². The minimum atomic E-state index is -1.20. The Balaban J connectivity index is 2.35. The van der Waals surface area contributed by atoms with Crippen LogP contribution in [0.15, 0.2) is 30.3 Å². The van der Waals surface area contributed by atoms with Gasteiger partial charge in [0.1, 0.15) is 19.6 Å². The lowest BCUT2D eigenvalue weighted by atomic mass is 10.1.